The number of nitrogens with zero attached hydrogens (tertiary/aromatic N) is 2. The molecule has 24 heavy (non-hydrogen) atoms. The molecule has 0 atom stereocenters. The summed E-state index contributed by atoms with van der Waals surface area (Å²) in [7, 11) is -3.41. The van der Waals surface area contributed by atoms with Crippen LogP contribution in [0.2, 0.25) is 0 Å². The molecule has 0 aliphatic heterocycles. The summed E-state index contributed by atoms with van der Waals surface area (Å²) in [5.74, 6) is 0.568. The van der Waals surface area contributed by atoms with E-state index in [1.165, 1.54) is 0 Å². The highest BCUT2D eigenvalue weighted by Gasteiger charge is 2.11. The van der Waals surface area contributed by atoms with Gasteiger partial charge in [0.05, 0.1) is 17.5 Å². The first-order valence-electron chi connectivity index (χ1n) is 7.40. The van der Waals surface area contributed by atoms with Gasteiger partial charge in [0.2, 0.25) is 10.0 Å². The molecule has 8 heteroatoms. The van der Waals surface area contributed by atoms with Crippen LogP contribution in [0.1, 0.15) is 11.1 Å². The van der Waals surface area contributed by atoms with Crippen LogP contribution in [0.25, 0.3) is 11.0 Å². The maximum Gasteiger partial charge on any atom is 0.215 e. The van der Waals surface area contributed by atoms with Crippen LogP contribution in [0.15, 0.2) is 42.5 Å². The molecule has 0 radical (unpaired) electrons. The molecule has 0 saturated heterocycles. The molecule has 3 rings (SSSR count). The second kappa shape index (κ2) is 7.25. The molecule has 0 saturated carbocycles. The zero-order valence-corrected chi connectivity index (χ0v) is 14.7. The third-order valence-corrected chi connectivity index (χ3v) is 5.30. The van der Waals surface area contributed by atoms with Crippen molar-refractivity contribution in [1.82, 2.24) is 13.5 Å². The largest absolute Gasteiger partial charge is 0.492 e. The van der Waals surface area contributed by atoms with Crippen molar-refractivity contribution in [2.75, 3.05) is 12.4 Å². The third-order valence-electron chi connectivity index (χ3n) is 3.46. The highest BCUT2D eigenvalue weighted by atomic mass is 32.2. The fourth-order valence-electron chi connectivity index (χ4n) is 2.11. The molecule has 2 aromatic carbocycles. The Balaban J connectivity index is 1.50. The van der Waals surface area contributed by atoms with Crippen molar-refractivity contribution in [3.63, 3.8) is 0 Å². The van der Waals surface area contributed by atoms with E-state index in [0.29, 0.717) is 5.75 Å². The van der Waals surface area contributed by atoms with Crippen molar-refractivity contribution in [2.45, 2.75) is 13.5 Å². The Kier molecular flexibility index (Phi) is 5.08. The van der Waals surface area contributed by atoms with Crippen LogP contribution in [0.3, 0.4) is 0 Å². The molecule has 0 amide bonds. The minimum Gasteiger partial charge on any atom is -0.492 e. The minimum absolute atomic E-state index is 0.0959. The molecule has 6 nitrogen and oxygen atoms in total. The van der Waals surface area contributed by atoms with Crippen LogP contribution in [0.5, 0.6) is 5.75 Å². The molecule has 0 bridgehead atoms. The Bertz CT molecular complexity index is 921. The molecule has 0 spiro atoms. The van der Waals surface area contributed by atoms with E-state index in [-0.39, 0.29) is 18.9 Å². The molecular weight excluding hydrogens is 346 g/mol. The molecule has 3 aromatic rings. The Morgan fingerprint density at radius 2 is 1.83 bits per heavy atom. The molecule has 0 unspecified atom stereocenters. The lowest BCUT2D eigenvalue weighted by atomic mass is 10.2. The highest BCUT2D eigenvalue weighted by Crippen LogP contribution is 2.14. The van der Waals surface area contributed by atoms with Crippen LogP contribution in [0, 0.1) is 6.92 Å². The summed E-state index contributed by atoms with van der Waals surface area (Å²) in [6.45, 7) is 2.31. The van der Waals surface area contributed by atoms with Gasteiger partial charge in [0.25, 0.3) is 0 Å². The van der Waals surface area contributed by atoms with Crippen molar-refractivity contribution in [3.8, 4) is 5.75 Å². The van der Waals surface area contributed by atoms with E-state index in [2.05, 4.69) is 13.5 Å². The number of hydrogen-bond donors (Lipinski definition) is 1. The summed E-state index contributed by atoms with van der Waals surface area (Å²) in [6, 6.07) is 13.0. The molecule has 1 aromatic heterocycles. The van der Waals surface area contributed by atoms with Crippen LogP contribution < -0.4 is 9.46 Å². The first kappa shape index (κ1) is 16.8. The maximum atomic E-state index is 12.0. The summed E-state index contributed by atoms with van der Waals surface area (Å²) in [6.07, 6.45) is 0. The molecule has 1 N–H and O–H groups in total. The topological polar surface area (TPSA) is 81.2 Å². The number of fused-ring (bicyclic) bond motifs is 1. The summed E-state index contributed by atoms with van der Waals surface area (Å²) in [4.78, 5) is 0. The van der Waals surface area contributed by atoms with Gasteiger partial charge < -0.3 is 4.74 Å². The first-order chi connectivity index (χ1) is 11.5. The SMILES string of the molecule is Cc1ccc(OCCS(=O)(=O)NCc2ccc3nsnc3c2)cc1. The molecule has 0 aliphatic rings. The molecule has 0 fully saturated rings. The average molecular weight is 363 g/mol. The van der Waals surface area contributed by atoms with Gasteiger partial charge in [0.1, 0.15) is 23.4 Å². The second-order valence-corrected chi connectivity index (χ2v) is 7.84. The quantitative estimate of drug-likeness (QED) is 0.697. The van der Waals surface area contributed by atoms with Gasteiger partial charge in [-0.15, -0.1) is 0 Å². The van der Waals surface area contributed by atoms with Crippen LogP contribution in [-0.2, 0) is 16.6 Å². The molecular formula is C16H17N3O3S2. The zero-order chi connectivity index (χ0) is 17.0. The Labute approximate surface area is 144 Å². The lowest BCUT2D eigenvalue weighted by molar-refractivity contribution is 0.340. The normalized spacial score (nSPS) is 11.7. The lowest BCUT2D eigenvalue weighted by Gasteiger charge is -2.09. The zero-order valence-electron chi connectivity index (χ0n) is 13.1. The van der Waals surface area contributed by atoms with Crippen molar-refractivity contribution < 1.29 is 13.2 Å². The van der Waals surface area contributed by atoms with Gasteiger partial charge in [0, 0.05) is 6.54 Å². The van der Waals surface area contributed by atoms with Crippen LogP contribution in [0.4, 0.5) is 0 Å². The average Bonchev–Trinajstić information content (AvgIpc) is 3.02. The van der Waals surface area contributed by atoms with E-state index in [4.69, 9.17) is 4.74 Å². The van der Waals surface area contributed by atoms with Gasteiger partial charge in [-0.25, -0.2) is 13.1 Å². The Morgan fingerprint density at radius 1 is 1.08 bits per heavy atom. The summed E-state index contributed by atoms with van der Waals surface area (Å²) in [5, 5.41) is 0. The van der Waals surface area contributed by atoms with Gasteiger partial charge in [-0.3, -0.25) is 0 Å². The van der Waals surface area contributed by atoms with E-state index in [9.17, 15) is 8.42 Å². The number of aromatic nitrogens is 2. The summed E-state index contributed by atoms with van der Waals surface area (Å²) >= 11 is 1.14. The standard InChI is InChI=1S/C16H17N3O3S2/c1-12-2-5-14(6-3-12)22-8-9-24(20,21)17-11-13-4-7-15-16(10-13)19-23-18-15/h2-7,10,17H,8-9,11H2,1H3. The number of nitrogens with one attached hydrogen (secondary N) is 1. The Morgan fingerprint density at radius 3 is 2.62 bits per heavy atom. The van der Waals surface area contributed by atoms with E-state index in [1.807, 2.05) is 49.4 Å². The highest BCUT2D eigenvalue weighted by molar-refractivity contribution is 7.89. The third kappa shape index (κ3) is 4.50. The number of rotatable bonds is 7. The van der Waals surface area contributed by atoms with Crippen molar-refractivity contribution in [3.05, 3.63) is 53.6 Å². The smallest absolute Gasteiger partial charge is 0.215 e. The Hall–Kier alpha value is -2.03. The van der Waals surface area contributed by atoms with Gasteiger partial charge >= 0.3 is 0 Å². The van der Waals surface area contributed by atoms with Gasteiger partial charge in [-0.05, 0) is 36.8 Å². The summed E-state index contributed by atoms with van der Waals surface area (Å²) < 4.78 is 40.4. The van der Waals surface area contributed by atoms with Crippen molar-refractivity contribution >= 4 is 32.8 Å². The van der Waals surface area contributed by atoms with Crippen molar-refractivity contribution in [1.29, 1.82) is 0 Å². The summed E-state index contributed by atoms with van der Waals surface area (Å²) in [5.41, 5.74) is 3.57. The van der Waals surface area contributed by atoms with E-state index in [0.717, 1.165) is 33.9 Å². The lowest BCUT2D eigenvalue weighted by Crippen LogP contribution is -2.28. The molecule has 126 valence electrons. The number of benzene rings is 2. The first-order valence-corrected chi connectivity index (χ1v) is 9.78. The number of aryl methyl sites for hydroxylation is 1. The van der Waals surface area contributed by atoms with E-state index < -0.39 is 10.0 Å². The number of hydrogen-bond acceptors (Lipinski definition) is 6. The predicted molar refractivity (Wildman–Crippen MR) is 94.7 cm³/mol. The number of ether oxygens (including phenoxy) is 1. The fraction of sp³-hybridized carbons (Fsp3) is 0.250. The van der Waals surface area contributed by atoms with Crippen LogP contribution in [-0.4, -0.2) is 29.5 Å². The van der Waals surface area contributed by atoms with Gasteiger partial charge in [-0.2, -0.15) is 8.75 Å². The van der Waals surface area contributed by atoms with Crippen molar-refractivity contribution in [2.24, 2.45) is 0 Å². The number of sulfonamides is 1. The van der Waals surface area contributed by atoms with Crippen LogP contribution >= 0.6 is 11.7 Å². The predicted octanol–water partition coefficient (Wildman–Crippen LogP) is 2.50. The minimum atomic E-state index is -3.41. The molecule has 0 aliphatic carbocycles. The second-order valence-electron chi connectivity index (χ2n) is 5.39. The monoisotopic (exact) mass is 363 g/mol. The van der Waals surface area contributed by atoms with Gasteiger partial charge in [0.15, 0.2) is 0 Å². The fourth-order valence-corrected chi connectivity index (χ4v) is 3.46. The maximum absolute atomic E-state index is 12.0. The van der Waals surface area contributed by atoms with Gasteiger partial charge in [-0.1, -0.05) is 23.8 Å². The molecule has 1 heterocycles. The van der Waals surface area contributed by atoms with E-state index in [1.54, 1.807) is 0 Å². The van der Waals surface area contributed by atoms with E-state index >= 15 is 0 Å².